The highest BCUT2D eigenvalue weighted by atomic mass is 16.5. The van der Waals surface area contributed by atoms with Gasteiger partial charge in [-0.1, -0.05) is 39.0 Å². The van der Waals surface area contributed by atoms with Crippen molar-refractivity contribution >= 4 is 23.2 Å². The number of rotatable bonds is 5. The summed E-state index contributed by atoms with van der Waals surface area (Å²) in [7, 11) is 3.12. The second-order valence-electron chi connectivity index (χ2n) is 8.23. The van der Waals surface area contributed by atoms with E-state index in [4.69, 9.17) is 9.47 Å². The first-order chi connectivity index (χ1) is 13.7. The largest absolute Gasteiger partial charge is 0.497 e. The number of para-hydroxylation sites is 1. The molecule has 0 spiro atoms. The van der Waals surface area contributed by atoms with Crippen molar-refractivity contribution < 1.29 is 19.1 Å². The monoisotopic (exact) mass is 396 g/mol. The fourth-order valence-electron chi connectivity index (χ4n) is 3.60. The van der Waals surface area contributed by atoms with Gasteiger partial charge in [0.15, 0.2) is 0 Å². The Labute approximate surface area is 171 Å². The number of nitrogens with one attached hydrogen (secondary N) is 1. The second kappa shape index (κ2) is 8.15. The molecule has 6 nitrogen and oxygen atoms in total. The summed E-state index contributed by atoms with van der Waals surface area (Å²) >= 11 is 0. The molecule has 1 saturated heterocycles. The van der Waals surface area contributed by atoms with E-state index in [0.29, 0.717) is 23.7 Å². The van der Waals surface area contributed by atoms with Gasteiger partial charge in [-0.3, -0.25) is 9.59 Å². The van der Waals surface area contributed by atoms with Crippen molar-refractivity contribution in [3.05, 3.63) is 48.0 Å². The molecule has 2 aromatic carbocycles. The smallest absolute Gasteiger partial charge is 0.229 e. The fraction of sp³-hybridized carbons (Fsp3) is 0.391. The van der Waals surface area contributed by atoms with Crippen LogP contribution in [0.15, 0.2) is 42.5 Å². The number of carbonyl (C=O) groups excluding carboxylic acids is 2. The zero-order chi connectivity index (χ0) is 21.2. The van der Waals surface area contributed by atoms with Crippen LogP contribution < -0.4 is 19.7 Å². The lowest BCUT2D eigenvalue weighted by Crippen LogP contribution is -2.29. The van der Waals surface area contributed by atoms with Crippen molar-refractivity contribution in [2.45, 2.75) is 32.6 Å². The number of ether oxygens (including phenoxy) is 2. The highest BCUT2D eigenvalue weighted by Crippen LogP contribution is 2.36. The van der Waals surface area contributed by atoms with Gasteiger partial charge >= 0.3 is 0 Å². The molecule has 1 atom stereocenters. The Morgan fingerprint density at radius 3 is 2.48 bits per heavy atom. The van der Waals surface area contributed by atoms with Crippen molar-refractivity contribution in [1.29, 1.82) is 0 Å². The molecule has 1 unspecified atom stereocenters. The summed E-state index contributed by atoms with van der Waals surface area (Å²) in [5.41, 5.74) is 2.36. The summed E-state index contributed by atoms with van der Waals surface area (Å²) < 4.78 is 10.7. The molecule has 0 radical (unpaired) electrons. The summed E-state index contributed by atoms with van der Waals surface area (Å²) in [5, 5.41) is 3.03. The third-order valence-electron chi connectivity index (χ3n) is 5.17. The Morgan fingerprint density at radius 2 is 1.83 bits per heavy atom. The summed E-state index contributed by atoms with van der Waals surface area (Å²) in [6.07, 6.45) is 0.157. The molecule has 1 aliphatic rings. The minimum atomic E-state index is -0.438. The number of carbonyl (C=O) groups is 2. The van der Waals surface area contributed by atoms with Crippen LogP contribution in [0.4, 0.5) is 11.4 Å². The Kier molecular flexibility index (Phi) is 5.82. The predicted molar refractivity (Wildman–Crippen MR) is 114 cm³/mol. The van der Waals surface area contributed by atoms with E-state index in [0.717, 1.165) is 11.3 Å². The zero-order valence-electron chi connectivity index (χ0n) is 17.6. The molecule has 0 aromatic heterocycles. The summed E-state index contributed by atoms with van der Waals surface area (Å²) in [6.45, 7) is 6.61. The SMILES string of the molecule is COc1ccc(OC)c(N2CC(C(=O)Nc3ccccc3C(C)(C)C)CC2=O)c1. The summed E-state index contributed by atoms with van der Waals surface area (Å²) in [6, 6.07) is 13.1. The van der Waals surface area contributed by atoms with Gasteiger partial charge in [0, 0.05) is 24.7 Å². The lowest BCUT2D eigenvalue weighted by atomic mass is 9.85. The molecule has 3 rings (SSSR count). The van der Waals surface area contributed by atoms with Crippen molar-refractivity contribution in [2.75, 3.05) is 31.0 Å². The molecule has 1 aliphatic heterocycles. The van der Waals surface area contributed by atoms with E-state index in [9.17, 15) is 9.59 Å². The highest BCUT2D eigenvalue weighted by Gasteiger charge is 2.37. The topological polar surface area (TPSA) is 67.9 Å². The first-order valence-electron chi connectivity index (χ1n) is 9.67. The van der Waals surface area contributed by atoms with Crippen LogP contribution in [-0.4, -0.2) is 32.6 Å². The lowest BCUT2D eigenvalue weighted by Gasteiger charge is -2.24. The molecule has 29 heavy (non-hydrogen) atoms. The molecule has 2 aromatic rings. The zero-order valence-corrected chi connectivity index (χ0v) is 17.6. The second-order valence-corrected chi connectivity index (χ2v) is 8.23. The minimum absolute atomic E-state index is 0.102. The van der Waals surface area contributed by atoms with Gasteiger partial charge in [-0.25, -0.2) is 0 Å². The number of anilines is 2. The van der Waals surface area contributed by atoms with Crippen LogP contribution in [0, 0.1) is 5.92 Å². The van der Waals surface area contributed by atoms with Crippen LogP contribution in [0.25, 0.3) is 0 Å². The van der Waals surface area contributed by atoms with Crippen molar-refractivity contribution in [3.63, 3.8) is 0 Å². The quantitative estimate of drug-likeness (QED) is 0.830. The van der Waals surface area contributed by atoms with E-state index in [1.807, 2.05) is 24.3 Å². The molecule has 0 bridgehead atoms. The minimum Gasteiger partial charge on any atom is -0.497 e. The van der Waals surface area contributed by atoms with Gasteiger partial charge in [0.1, 0.15) is 11.5 Å². The Hall–Kier alpha value is -3.02. The van der Waals surface area contributed by atoms with E-state index in [2.05, 4.69) is 26.1 Å². The van der Waals surface area contributed by atoms with Gasteiger partial charge in [-0.05, 0) is 29.2 Å². The van der Waals surface area contributed by atoms with Crippen LogP contribution in [0.5, 0.6) is 11.5 Å². The number of methoxy groups -OCH3 is 2. The van der Waals surface area contributed by atoms with Crippen LogP contribution in [-0.2, 0) is 15.0 Å². The van der Waals surface area contributed by atoms with Gasteiger partial charge < -0.3 is 19.7 Å². The van der Waals surface area contributed by atoms with Crippen LogP contribution >= 0.6 is 0 Å². The summed E-state index contributed by atoms with van der Waals surface area (Å²) in [4.78, 5) is 27.2. The normalized spacial score (nSPS) is 16.7. The molecule has 0 aliphatic carbocycles. The maximum absolute atomic E-state index is 12.9. The Balaban J connectivity index is 1.80. The number of hydrogen-bond acceptors (Lipinski definition) is 4. The van der Waals surface area contributed by atoms with Gasteiger partial charge in [-0.2, -0.15) is 0 Å². The van der Waals surface area contributed by atoms with Crippen molar-refractivity contribution in [2.24, 2.45) is 5.92 Å². The van der Waals surface area contributed by atoms with Crippen molar-refractivity contribution in [3.8, 4) is 11.5 Å². The van der Waals surface area contributed by atoms with Gasteiger partial charge in [-0.15, -0.1) is 0 Å². The predicted octanol–water partition coefficient (Wildman–Crippen LogP) is 3.99. The maximum atomic E-state index is 12.9. The average molecular weight is 396 g/mol. The third-order valence-corrected chi connectivity index (χ3v) is 5.17. The van der Waals surface area contributed by atoms with E-state index in [1.54, 1.807) is 37.3 Å². The molecule has 1 N–H and O–H groups in total. The van der Waals surface area contributed by atoms with E-state index < -0.39 is 5.92 Å². The first kappa shape index (κ1) is 20.7. The van der Waals surface area contributed by atoms with E-state index in [1.165, 1.54) is 0 Å². The van der Waals surface area contributed by atoms with E-state index >= 15 is 0 Å². The summed E-state index contributed by atoms with van der Waals surface area (Å²) in [5.74, 6) is 0.491. The molecular formula is C23H28N2O4. The maximum Gasteiger partial charge on any atom is 0.229 e. The number of hydrogen-bond donors (Lipinski definition) is 1. The molecule has 0 saturated carbocycles. The molecule has 1 fully saturated rings. The van der Waals surface area contributed by atoms with Gasteiger partial charge in [0.25, 0.3) is 0 Å². The van der Waals surface area contributed by atoms with Gasteiger partial charge in [0.2, 0.25) is 11.8 Å². The molecule has 154 valence electrons. The third kappa shape index (κ3) is 4.36. The number of nitrogens with zero attached hydrogens (tertiary/aromatic N) is 1. The van der Waals surface area contributed by atoms with Crippen molar-refractivity contribution in [1.82, 2.24) is 0 Å². The number of benzene rings is 2. The lowest BCUT2D eigenvalue weighted by molar-refractivity contribution is -0.122. The molecule has 1 heterocycles. The highest BCUT2D eigenvalue weighted by molar-refractivity contribution is 6.04. The first-order valence-corrected chi connectivity index (χ1v) is 9.67. The van der Waals surface area contributed by atoms with Crippen LogP contribution in [0.3, 0.4) is 0 Å². The van der Waals surface area contributed by atoms with Crippen LogP contribution in [0.1, 0.15) is 32.8 Å². The van der Waals surface area contributed by atoms with E-state index in [-0.39, 0.29) is 23.7 Å². The van der Waals surface area contributed by atoms with Gasteiger partial charge in [0.05, 0.1) is 25.8 Å². The van der Waals surface area contributed by atoms with Crippen LogP contribution in [0.2, 0.25) is 0 Å². The number of amides is 2. The molecule has 2 amide bonds. The fourth-order valence-corrected chi connectivity index (χ4v) is 3.60. The molecule has 6 heteroatoms. The Morgan fingerprint density at radius 1 is 1.10 bits per heavy atom. The standard InChI is InChI=1S/C23H28N2O4/c1-23(2,3)17-8-6-7-9-18(17)24-22(27)15-12-21(26)25(14-15)19-13-16(28-4)10-11-20(19)29-5/h6-11,13,15H,12,14H2,1-5H3,(H,24,27). The average Bonchev–Trinajstić information content (AvgIpc) is 3.08. The Bertz CT molecular complexity index is 917. The molecular weight excluding hydrogens is 368 g/mol.